The van der Waals surface area contributed by atoms with Crippen molar-refractivity contribution in [3.63, 3.8) is 0 Å². The van der Waals surface area contributed by atoms with Crippen LogP contribution in [0.4, 0.5) is 14.5 Å². The summed E-state index contributed by atoms with van der Waals surface area (Å²) in [5.74, 6) is 3.13. The van der Waals surface area contributed by atoms with E-state index in [0.717, 1.165) is 12.3 Å². The number of carbonyl (C=O) groups is 1. The third kappa shape index (κ3) is 3.61. The van der Waals surface area contributed by atoms with Gasteiger partial charge >= 0.3 is 0 Å². The maximum absolute atomic E-state index is 13.7. The third-order valence-corrected chi connectivity index (χ3v) is 2.58. The Balaban J connectivity index is 2.21. The molecular formula is C15H11F2N3O. The monoisotopic (exact) mass is 287 g/mol. The Hall–Kier alpha value is -2.78. The predicted molar refractivity (Wildman–Crippen MR) is 74.5 cm³/mol. The molecule has 21 heavy (non-hydrogen) atoms. The van der Waals surface area contributed by atoms with Crippen molar-refractivity contribution in [2.45, 2.75) is 0 Å². The number of halogens is 2. The van der Waals surface area contributed by atoms with Crippen molar-refractivity contribution in [1.82, 2.24) is 4.98 Å². The van der Waals surface area contributed by atoms with Gasteiger partial charge in [0.05, 0.1) is 24.0 Å². The zero-order valence-corrected chi connectivity index (χ0v) is 10.9. The van der Waals surface area contributed by atoms with Crippen LogP contribution >= 0.6 is 0 Å². The first-order valence-corrected chi connectivity index (χ1v) is 6.01. The number of rotatable bonds is 2. The maximum atomic E-state index is 13.7. The molecule has 2 rings (SSSR count). The Bertz CT molecular complexity index is 735. The van der Waals surface area contributed by atoms with Gasteiger partial charge in [-0.25, -0.2) is 8.78 Å². The highest BCUT2D eigenvalue weighted by molar-refractivity contribution is 6.04. The number of amides is 1. The molecule has 0 saturated heterocycles. The molecule has 0 fully saturated rings. The zero-order valence-electron chi connectivity index (χ0n) is 10.9. The normalized spacial score (nSPS) is 9.67. The Kier molecular flexibility index (Phi) is 4.59. The van der Waals surface area contributed by atoms with Crippen LogP contribution in [0.15, 0.2) is 36.7 Å². The van der Waals surface area contributed by atoms with E-state index < -0.39 is 17.5 Å². The van der Waals surface area contributed by atoms with E-state index in [1.54, 1.807) is 0 Å². The summed E-state index contributed by atoms with van der Waals surface area (Å²) in [5, 5.41) is 2.34. The van der Waals surface area contributed by atoms with Gasteiger partial charge in [-0.15, -0.1) is 0 Å². The zero-order chi connectivity index (χ0) is 15.2. The molecule has 0 saturated carbocycles. The van der Waals surface area contributed by atoms with E-state index in [0.29, 0.717) is 0 Å². The average molecular weight is 287 g/mol. The highest BCUT2D eigenvalue weighted by Gasteiger charge is 2.11. The largest absolute Gasteiger partial charge is 0.320 e. The first kappa shape index (κ1) is 14.6. The van der Waals surface area contributed by atoms with E-state index in [4.69, 9.17) is 5.73 Å². The van der Waals surface area contributed by atoms with Crippen LogP contribution in [-0.4, -0.2) is 17.4 Å². The van der Waals surface area contributed by atoms with Crippen LogP contribution < -0.4 is 11.1 Å². The van der Waals surface area contributed by atoms with E-state index in [2.05, 4.69) is 22.1 Å². The number of benzene rings is 1. The van der Waals surface area contributed by atoms with Crippen molar-refractivity contribution in [1.29, 1.82) is 0 Å². The number of pyridine rings is 1. The van der Waals surface area contributed by atoms with Crippen LogP contribution in [0, 0.1) is 23.5 Å². The van der Waals surface area contributed by atoms with Gasteiger partial charge in [-0.05, 0) is 24.3 Å². The molecule has 3 N–H and O–H groups in total. The first-order valence-electron chi connectivity index (χ1n) is 6.01. The fraction of sp³-hybridized carbons (Fsp3) is 0.0667. The van der Waals surface area contributed by atoms with E-state index >= 15 is 0 Å². The summed E-state index contributed by atoms with van der Waals surface area (Å²) in [6.07, 6.45) is 2.31. The fourth-order valence-electron chi connectivity index (χ4n) is 1.58. The van der Waals surface area contributed by atoms with Gasteiger partial charge in [0.15, 0.2) is 5.82 Å². The number of anilines is 1. The first-order chi connectivity index (χ1) is 10.1. The van der Waals surface area contributed by atoms with Crippen LogP contribution in [0.2, 0.25) is 0 Å². The van der Waals surface area contributed by atoms with Gasteiger partial charge in [-0.1, -0.05) is 11.8 Å². The van der Waals surface area contributed by atoms with Crippen LogP contribution in [0.1, 0.15) is 15.9 Å². The Morgan fingerprint density at radius 2 is 2.10 bits per heavy atom. The lowest BCUT2D eigenvalue weighted by atomic mass is 10.1. The van der Waals surface area contributed by atoms with Crippen molar-refractivity contribution in [3.05, 3.63) is 59.4 Å². The van der Waals surface area contributed by atoms with Gasteiger partial charge in [0.1, 0.15) is 5.82 Å². The van der Waals surface area contributed by atoms with Crippen molar-refractivity contribution in [2.75, 3.05) is 11.9 Å². The van der Waals surface area contributed by atoms with Gasteiger partial charge in [-0.3, -0.25) is 9.78 Å². The number of nitrogens with zero attached hydrogens (tertiary/aromatic N) is 1. The van der Waals surface area contributed by atoms with Crippen molar-refractivity contribution < 1.29 is 13.6 Å². The van der Waals surface area contributed by atoms with Gasteiger partial charge in [0.25, 0.3) is 5.91 Å². The molecule has 0 bridgehead atoms. The summed E-state index contributed by atoms with van der Waals surface area (Å²) >= 11 is 0. The Labute approximate surface area is 120 Å². The topological polar surface area (TPSA) is 68.0 Å². The molecule has 0 radical (unpaired) electrons. The molecular weight excluding hydrogens is 276 g/mol. The lowest BCUT2D eigenvalue weighted by Crippen LogP contribution is -2.13. The lowest BCUT2D eigenvalue weighted by molar-refractivity contribution is 0.102. The van der Waals surface area contributed by atoms with Crippen LogP contribution in [-0.2, 0) is 0 Å². The molecule has 0 aliphatic rings. The summed E-state index contributed by atoms with van der Waals surface area (Å²) in [6, 6.07) is 5.12. The third-order valence-electron chi connectivity index (χ3n) is 2.58. The van der Waals surface area contributed by atoms with Gasteiger partial charge in [0, 0.05) is 11.8 Å². The van der Waals surface area contributed by atoms with E-state index in [1.165, 1.54) is 24.4 Å². The number of nitrogens with one attached hydrogen (secondary N) is 1. The molecule has 1 amide bonds. The molecule has 4 nitrogen and oxygen atoms in total. The standard InChI is InChI=1S/C15H11F2N3O/c16-12-8-11(4-3-10(12)2-1-6-18)15(21)20-14-5-7-19-9-13(14)17/h3-5,7-9H,6,18H2,(H,19,20,21). The lowest BCUT2D eigenvalue weighted by Gasteiger charge is -2.06. The van der Waals surface area contributed by atoms with E-state index in [-0.39, 0.29) is 23.4 Å². The second-order valence-electron chi connectivity index (χ2n) is 4.01. The number of carbonyl (C=O) groups excluding carboxylic acids is 1. The molecule has 6 heteroatoms. The quantitative estimate of drug-likeness (QED) is 0.829. The van der Waals surface area contributed by atoms with E-state index in [9.17, 15) is 13.6 Å². The summed E-state index contributed by atoms with van der Waals surface area (Å²) < 4.78 is 27.1. The second kappa shape index (κ2) is 6.59. The molecule has 1 heterocycles. The Morgan fingerprint density at radius 3 is 2.76 bits per heavy atom. The molecule has 0 spiro atoms. The van der Waals surface area contributed by atoms with E-state index in [1.807, 2.05) is 0 Å². The summed E-state index contributed by atoms with van der Waals surface area (Å²) in [4.78, 5) is 15.5. The molecule has 1 aromatic carbocycles. The van der Waals surface area contributed by atoms with Crippen LogP contribution in [0.5, 0.6) is 0 Å². The Morgan fingerprint density at radius 1 is 1.29 bits per heavy atom. The molecule has 2 aromatic rings. The number of hydrogen-bond acceptors (Lipinski definition) is 3. The highest BCUT2D eigenvalue weighted by atomic mass is 19.1. The number of aromatic nitrogens is 1. The summed E-state index contributed by atoms with van der Waals surface area (Å²) in [5.41, 5.74) is 5.38. The minimum absolute atomic E-state index is 0.0255. The van der Waals surface area contributed by atoms with Crippen LogP contribution in [0.25, 0.3) is 0 Å². The smallest absolute Gasteiger partial charge is 0.255 e. The molecule has 0 atom stereocenters. The molecule has 0 aliphatic carbocycles. The van der Waals surface area contributed by atoms with Crippen molar-refractivity contribution in [3.8, 4) is 11.8 Å². The average Bonchev–Trinajstić information content (AvgIpc) is 2.48. The second-order valence-corrected chi connectivity index (χ2v) is 4.01. The van der Waals surface area contributed by atoms with Crippen molar-refractivity contribution in [2.24, 2.45) is 5.73 Å². The van der Waals surface area contributed by atoms with Crippen molar-refractivity contribution >= 4 is 11.6 Å². The molecule has 0 unspecified atom stereocenters. The number of nitrogens with two attached hydrogens (primary N) is 1. The van der Waals surface area contributed by atoms with Gasteiger partial charge in [-0.2, -0.15) is 0 Å². The summed E-state index contributed by atoms with van der Waals surface area (Å²) in [7, 11) is 0. The molecule has 1 aromatic heterocycles. The fourth-order valence-corrected chi connectivity index (χ4v) is 1.58. The minimum atomic E-state index is -0.670. The van der Waals surface area contributed by atoms with Gasteiger partial charge < -0.3 is 11.1 Å². The van der Waals surface area contributed by atoms with Crippen LogP contribution in [0.3, 0.4) is 0 Å². The minimum Gasteiger partial charge on any atom is -0.320 e. The summed E-state index contributed by atoms with van der Waals surface area (Å²) in [6.45, 7) is 0.114. The molecule has 106 valence electrons. The molecule has 0 aliphatic heterocycles. The highest BCUT2D eigenvalue weighted by Crippen LogP contribution is 2.14. The van der Waals surface area contributed by atoms with Gasteiger partial charge in [0.2, 0.25) is 0 Å². The number of hydrogen-bond donors (Lipinski definition) is 2. The predicted octanol–water partition coefficient (Wildman–Crippen LogP) is 1.92. The maximum Gasteiger partial charge on any atom is 0.255 e. The SMILES string of the molecule is NCC#Cc1ccc(C(=O)Nc2ccncc2F)cc1F.